The molecular weight excluding hydrogens is 618 g/mol. The number of amides is 1. The summed E-state index contributed by atoms with van der Waals surface area (Å²) in [5.41, 5.74) is 4.81. The Kier molecular flexibility index (Phi) is 9.17. The average molecular weight is 652 g/mol. The van der Waals surface area contributed by atoms with Gasteiger partial charge in [-0.25, -0.2) is 16.8 Å². The second-order valence-electron chi connectivity index (χ2n) is 11.0. The molecule has 0 bridgehead atoms. The molecule has 44 heavy (non-hydrogen) atoms. The molecule has 1 heterocycles. The van der Waals surface area contributed by atoms with E-state index in [1.165, 1.54) is 32.9 Å². The van der Waals surface area contributed by atoms with E-state index in [9.17, 15) is 21.6 Å². The molecule has 1 aliphatic rings. The summed E-state index contributed by atoms with van der Waals surface area (Å²) < 4.78 is 57.4. The highest BCUT2D eigenvalue weighted by Gasteiger charge is 2.32. The van der Waals surface area contributed by atoms with Crippen LogP contribution in [0.15, 0.2) is 94.7 Å². The molecule has 0 unspecified atom stereocenters. The van der Waals surface area contributed by atoms with E-state index in [0.717, 1.165) is 16.7 Å². The van der Waals surface area contributed by atoms with Crippen LogP contribution in [0.4, 0.5) is 11.4 Å². The first kappa shape index (κ1) is 31.7. The van der Waals surface area contributed by atoms with Crippen molar-refractivity contribution in [2.75, 3.05) is 29.3 Å². The molecule has 0 aliphatic carbocycles. The first-order valence-electron chi connectivity index (χ1n) is 14.2. The lowest BCUT2D eigenvalue weighted by Gasteiger charge is -2.24. The summed E-state index contributed by atoms with van der Waals surface area (Å²) in [5, 5.41) is 3.23. The highest BCUT2D eigenvalue weighted by molar-refractivity contribution is 7.92. The van der Waals surface area contributed by atoms with Crippen molar-refractivity contribution in [3.63, 3.8) is 0 Å². The third kappa shape index (κ3) is 6.68. The fourth-order valence-electron chi connectivity index (χ4n) is 5.66. The number of rotatable bonds is 10. The molecule has 8 nitrogen and oxygen atoms in total. The summed E-state index contributed by atoms with van der Waals surface area (Å²) >= 11 is 5.95. The first-order chi connectivity index (χ1) is 20.9. The molecule has 1 aliphatic heterocycles. The Bertz CT molecular complexity index is 1890. The Labute approximate surface area is 264 Å². The largest absolute Gasteiger partial charge is 0.325 e. The number of anilines is 2. The lowest BCUT2D eigenvalue weighted by molar-refractivity contribution is -0.116. The van der Waals surface area contributed by atoms with Crippen molar-refractivity contribution >= 4 is 48.9 Å². The van der Waals surface area contributed by atoms with E-state index in [-0.39, 0.29) is 22.9 Å². The normalized spacial score (nSPS) is 13.2. The molecule has 0 atom stereocenters. The summed E-state index contributed by atoms with van der Waals surface area (Å²) in [5.74, 6) is -0.533. The second kappa shape index (κ2) is 12.7. The molecular formula is C33H34ClN3O5S2. The maximum Gasteiger partial charge on any atom is 0.264 e. The number of carbonyl (C=O) groups is 1. The second-order valence-corrected chi connectivity index (χ2v) is 15.1. The van der Waals surface area contributed by atoms with E-state index >= 15 is 0 Å². The van der Waals surface area contributed by atoms with Crippen molar-refractivity contribution in [2.45, 2.75) is 43.4 Å². The van der Waals surface area contributed by atoms with Gasteiger partial charge in [-0.1, -0.05) is 65.7 Å². The quantitative estimate of drug-likeness (QED) is 0.230. The van der Waals surface area contributed by atoms with Gasteiger partial charge in [-0.15, -0.1) is 0 Å². The molecule has 0 saturated heterocycles. The highest BCUT2D eigenvalue weighted by atomic mass is 35.5. The van der Waals surface area contributed by atoms with Gasteiger partial charge in [0.05, 0.1) is 22.0 Å². The van der Waals surface area contributed by atoms with Crippen molar-refractivity contribution in [1.82, 2.24) is 4.31 Å². The number of halogens is 1. The van der Waals surface area contributed by atoms with Crippen LogP contribution in [0, 0.1) is 20.8 Å². The van der Waals surface area contributed by atoms with E-state index in [0.29, 0.717) is 40.4 Å². The number of carbonyl (C=O) groups excluding carboxylic acids is 1. The lowest BCUT2D eigenvalue weighted by Crippen LogP contribution is -2.40. The van der Waals surface area contributed by atoms with Gasteiger partial charge in [0.1, 0.15) is 0 Å². The van der Waals surface area contributed by atoms with Crippen LogP contribution in [0.5, 0.6) is 0 Å². The van der Waals surface area contributed by atoms with Gasteiger partial charge >= 0.3 is 0 Å². The summed E-state index contributed by atoms with van der Waals surface area (Å²) in [6.07, 6.45) is 0.949. The Hall–Kier alpha value is -3.70. The summed E-state index contributed by atoms with van der Waals surface area (Å²) in [4.78, 5) is 13.7. The third-order valence-electron chi connectivity index (χ3n) is 7.64. The molecule has 4 aromatic carbocycles. The van der Waals surface area contributed by atoms with Gasteiger partial charge in [-0.05, 0) is 92.3 Å². The third-order valence-corrected chi connectivity index (χ3v) is 11.9. The Morgan fingerprint density at radius 3 is 2.20 bits per heavy atom. The van der Waals surface area contributed by atoms with E-state index in [2.05, 4.69) is 5.32 Å². The minimum atomic E-state index is -4.03. The Morgan fingerprint density at radius 2 is 1.55 bits per heavy atom. The number of benzene rings is 4. The lowest BCUT2D eigenvalue weighted by atomic mass is 10.1. The number of hydrogen-bond donors (Lipinski definition) is 1. The minimum absolute atomic E-state index is 0.101. The number of sulfonamides is 2. The van der Waals surface area contributed by atoms with E-state index in [1.54, 1.807) is 32.0 Å². The van der Waals surface area contributed by atoms with E-state index < -0.39 is 32.5 Å². The fourth-order valence-corrected chi connectivity index (χ4v) is 9.09. The van der Waals surface area contributed by atoms with Crippen molar-refractivity contribution in [1.29, 1.82) is 0 Å². The highest BCUT2D eigenvalue weighted by Crippen LogP contribution is 2.35. The molecule has 0 saturated carbocycles. The monoisotopic (exact) mass is 651 g/mol. The number of hydrogen-bond acceptors (Lipinski definition) is 5. The van der Waals surface area contributed by atoms with Crippen LogP contribution < -0.4 is 9.62 Å². The zero-order valence-corrected chi connectivity index (χ0v) is 27.1. The van der Waals surface area contributed by atoms with Crippen molar-refractivity contribution in [2.24, 2.45) is 0 Å². The zero-order chi connectivity index (χ0) is 31.6. The predicted molar refractivity (Wildman–Crippen MR) is 174 cm³/mol. The molecule has 5 rings (SSSR count). The molecule has 11 heteroatoms. The number of aryl methyl sites for hydroxylation is 3. The average Bonchev–Trinajstić information content (AvgIpc) is 3.39. The summed E-state index contributed by atoms with van der Waals surface area (Å²) in [6, 6.07) is 24.2. The number of fused-ring (bicyclic) bond motifs is 1. The van der Waals surface area contributed by atoms with Crippen LogP contribution in [0.1, 0.15) is 27.8 Å². The van der Waals surface area contributed by atoms with E-state index in [4.69, 9.17) is 11.6 Å². The van der Waals surface area contributed by atoms with Crippen LogP contribution in [0.25, 0.3) is 0 Å². The van der Waals surface area contributed by atoms with Crippen LogP contribution in [0.2, 0.25) is 5.02 Å². The number of nitrogens with one attached hydrogen (secondary N) is 1. The molecule has 1 N–H and O–H groups in total. The maximum absolute atomic E-state index is 14.0. The van der Waals surface area contributed by atoms with E-state index in [1.807, 2.05) is 49.4 Å². The molecule has 1 amide bonds. The molecule has 0 aromatic heterocycles. The SMILES string of the molecule is Cc1cc(C)c(S(=O)(=O)N(CCc2ccccc2)CC(=O)Nc2ccc3c(c2)N(S(=O)(=O)c2ccc(Cl)cc2)CC3)c(C)c1. The van der Waals surface area contributed by atoms with Crippen LogP contribution in [0.3, 0.4) is 0 Å². The zero-order valence-electron chi connectivity index (χ0n) is 24.7. The predicted octanol–water partition coefficient (Wildman–Crippen LogP) is 5.89. The van der Waals surface area contributed by atoms with Crippen molar-refractivity contribution < 1.29 is 21.6 Å². The molecule has 0 radical (unpaired) electrons. The van der Waals surface area contributed by atoms with Crippen LogP contribution in [-0.4, -0.2) is 46.7 Å². The first-order valence-corrected chi connectivity index (χ1v) is 17.4. The molecule has 0 spiro atoms. The standard InChI is InChI=1S/C33H34ClN3O5S2/c1-23-19-24(2)33(25(3)20-23)44(41,42)36(17-15-26-7-5-4-6-8-26)22-32(38)35-29-12-9-27-16-18-37(31(27)21-29)43(39,40)30-13-10-28(34)11-14-30/h4-14,19-21H,15-18,22H2,1-3H3,(H,35,38). The van der Waals surface area contributed by atoms with Gasteiger partial charge in [0.15, 0.2) is 0 Å². The smallest absolute Gasteiger partial charge is 0.264 e. The fraction of sp³-hybridized carbons (Fsp3) is 0.242. The number of nitrogens with zero attached hydrogens (tertiary/aromatic N) is 2. The Balaban J connectivity index is 1.40. The molecule has 4 aromatic rings. The van der Waals surface area contributed by atoms with Crippen molar-refractivity contribution in [3.05, 3.63) is 118 Å². The van der Waals surface area contributed by atoms with Gasteiger partial charge in [0, 0.05) is 23.8 Å². The van der Waals surface area contributed by atoms with Gasteiger partial charge in [0.2, 0.25) is 15.9 Å². The van der Waals surface area contributed by atoms with Gasteiger partial charge in [-0.3, -0.25) is 9.10 Å². The van der Waals surface area contributed by atoms with Crippen molar-refractivity contribution in [3.8, 4) is 0 Å². The minimum Gasteiger partial charge on any atom is -0.325 e. The maximum atomic E-state index is 14.0. The Morgan fingerprint density at radius 1 is 0.886 bits per heavy atom. The van der Waals surface area contributed by atoms with Gasteiger partial charge in [-0.2, -0.15) is 4.31 Å². The van der Waals surface area contributed by atoms with Crippen LogP contribution in [-0.2, 0) is 37.7 Å². The molecule has 230 valence electrons. The van der Waals surface area contributed by atoms with Gasteiger partial charge < -0.3 is 5.32 Å². The van der Waals surface area contributed by atoms with Crippen LogP contribution >= 0.6 is 11.6 Å². The topological polar surface area (TPSA) is 104 Å². The summed E-state index contributed by atoms with van der Waals surface area (Å²) in [7, 11) is -7.89. The summed E-state index contributed by atoms with van der Waals surface area (Å²) in [6.45, 7) is 5.39. The van der Waals surface area contributed by atoms with Gasteiger partial charge in [0.25, 0.3) is 10.0 Å². The molecule has 0 fully saturated rings.